The van der Waals surface area contributed by atoms with Crippen molar-refractivity contribution in [3.63, 3.8) is 0 Å². The topological polar surface area (TPSA) is 93.8 Å². The number of hydrogen-bond donors (Lipinski definition) is 1. The van der Waals surface area contributed by atoms with Gasteiger partial charge in [-0.15, -0.1) is 0 Å². The van der Waals surface area contributed by atoms with Crippen LogP contribution in [0.1, 0.15) is 12.5 Å². The monoisotopic (exact) mass is 347 g/mol. The second-order valence-electron chi connectivity index (χ2n) is 4.78. The second-order valence-corrected chi connectivity index (χ2v) is 5.22. The molecule has 24 heavy (non-hydrogen) atoms. The number of rotatable bonds is 6. The van der Waals surface area contributed by atoms with Crippen molar-refractivity contribution in [2.45, 2.75) is 6.92 Å². The van der Waals surface area contributed by atoms with Gasteiger partial charge in [0, 0.05) is 22.7 Å². The van der Waals surface area contributed by atoms with E-state index in [1.165, 1.54) is 12.1 Å². The van der Waals surface area contributed by atoms with Gasteiger partial charge in [0.1, 0.15) is 5.75 Å². The molecular weight excluding hydrogens is 334 g/mol. The first kappa shape index (κ1) is 17.4. The highest BCUT2D eigenvalue weighted by Gasteiger charge is 2.08. The predicted octanol–water partition coefficient (Wildman–Crippen LogP) is 3.17. The van der Waals surface area contributed by atoms with E-state index < -0.39 is 10.8 Å². The molecular formula is C16H14ClN3O4. The van der Waals surface area contributed by atoms with Gasteiger partial charge in [0.05, 0.1) is 10.6 Å². The van der Waals surface area contributed by atoms with Crippen molar-refractivity contribution in [3.05, 3.63) is 69.2 Å². The molecule has 2 aromatic rings. The number of amides is 1. The predicted molar refractivity (Wildman–Crippen MR) is 90.4 cm³/mol. The molecule has 2 aromatic carbocycles. The van der Waals surface area contributed by atoms with E-state index in [1.807, 2.05) is 0 Å². The fraction of sp³-hybridized carbons (Fsp3) is 0.125. The zero-order valence-corrected chi connectivity index (χ0v) is 13.5. The number of halogens is 1. The van der Waals surface area contributed by atoms with E-state index >= 15 is 0 Å². The van der Waals surface area contributed by atoms with Crippen LogP contribution in [-0.4, -0.2) is 23.1 Å². The lowest BCUT2D eigenvalue weighted by atomic mass is 10.1. The van der Waals surface area contributed by atoms with Crippen LogP contribution in [0, 0.1) is 10.1 Å². The van der Waals surface area contributed by atoms with Crippen LogP contribution in [0.3, 0.4) is 0 Å². The summed E-state index contributed by atoms with van der Waals surface area (Å²) in [6.45, 7) is 1.42. The number of hydrazone groups is 1. The summed E-state index contributed by atoms with van der Waals surface area (Å²) >= 11 is 5.75. The van der Waals surface area contributed by atoms with Crippen LogP contribution in [0.5, 0.6) is 5.75 Å². The first-order valence-corrected chi connectivity index (χ1v) is 7.30. The molecule has 0 aliphatic carbocycles. The molecule has 0 unspecified atom stereocenters. The minimum atomic E-state index is -0.491. The average molecular weight is 348 g/mol. The molecule has 0 saturated heterocycles. The van der Waals surface area contributed by atoms with Crippen molar-refractivity contribution in [3.8, 4) is 5.75 Å². The molecule has 0 atom stereocenters. The van der Waals surface area contributed by atoms with Gasteiger partial charge in [0.15, 0.2) is 6.61 Å². The third-order valence-electron chi connectivity index (χ3n) is 3.01. The molecule has 0 spiro atoms. The van der Waals surface area contributed by atoms with Gasteiger partial charge in [-0.1, -0.05) is 23.7 Å². The number of carbonyl (C=O) groups is 1. The third-order valence-corrected chi connectivity index (χ3v) is 3.26. The Balaban J connectivity index is 1.91. The maximum Gasteiger partial charge on any atom is 0.277 e. The Hall–Kier alpha value is -2.93. The van der Waals surface area contributed by atoms with E-state index in [4.69, 9.17) is 16.3 Å². The summed E-state index contributed by atoms with van der Waals surface area (Å²) in [7, 11) is 0. The van der Waals surface area contributed by atoms with Gasteiger partial charge in [-0.2, -0.15) is 5.10 Å². The minimum absolute atomic E-state index is 0.0422. The Kier molecular flexibility index (Phi) is 5.86. The van der Waals surface area contributed by atoms with Crippen molar-refractivity contribution < 1.29 is 14.5 Å². The summed E-state index contributed by atoms with van der Waals surface area (Å²) in [5, 5.41) is 15.2. The van der Waals surface area contributed by atoms with Crippen LogP contribution < -0.4 is 10.2 Å². The second kappa shape index (κ2) is 8.07. The minimum Gasteiger partial charge on any atom is -0.484 e. The summed E-state index contributed by atoms with van der Waals surface area (Å²) in [6.07, 6.45) is 0. The lowest BCUT2D eigenvalue weighted by Gasteiger charge is -2.06. The fourth-order valence-electron chi connectivity index (χ4n) is 1.77. The van der Waals surface area contributed by atoms with E-state index in [0.717, 1.165) is 0 Å². The Labute approximate surface area is 143 Å². The van der Waals surface area contributed by atoms with Gasteiger partial charge in [-0.25, -0.2) is 5.43 Å². The molecule has 0 saturated carbocycles. The SMILES string of the molecule is CC(=NNC(=O)COc1ccc(Cl)cc1)c1cccc([N+](=O)[O-])c1. The van der Waals surface area contributed by atoms with Gasteiger partial charge < -0.3 is 4.74 Å². The molecule has 0 bridgehead atoms. The fourth-order valence-corrected chi connectivity index (χ4v) is 1.89. The van der Waals surface area contributed by atoms with E-state index in [-0.39, 0.29) is 12.3 Å². The van der Waals surface area contributed by atoms with Crippen molar-refractivity contribution in [2.24, 2.45) is 5.10 Å². The van der Waals surface area contributed by atoms with E-state index in [1.54, 1.807) is 43.3 Å². The summed E-state index contributed by atoms with van der Waals surface area (Å²) in [5.74, 6) is 0.0590. The van der Waals surface area contributed by atoms with Gasteiger partial charge in [-0.3, -0.25) is 14.9 Å². The Morgan fingerprint density at radius 3 is 2.67 bits per heavy atom. The quantitative estimate of drug-likeness (QED) is 0.493. The highest BCUT2D eigenvalue weighted by atomic mass is 35.5. The van der Waals surface area contributed by atoms with Gasteiger partial charge in [0.2, 0.25) is 0 Å². The molecule has 0 heterocycles. The first-order valence-electron chi connectivity index (χ1n) is 6.92. The number of nitrogens with one attached hydrogen (secondary N) is 1. The lowest BCUT2D eigenvalue weighted by molar-refractivity contribution is -0.384. The molecule has 0 aliphatic rings. The molecule has 0 radical (unpaired) electrons. The molecule has 0 aromatic heterocycles. The van der Waals surface area contributed by atoms with E-state index in [2.05, 4.69) is 10.5 Å². The number of hydrogen-bond acceptors (Lipinski definition) is 5. The standard InChI is InChI=1S/C16H14ClN3O4/c1-11(12-3-2-4-14(9-12)20(22)23)18-19-16(21)10-24-15-7-5-13(17)6-8-15/h2-9H,10H2,1H3,(H,19,21). The Morgan fingerprint density at radius 1 is 1.29 bits per heavy atom. The smallest absolute Gasteiger partial charge is 0.277 e. The third kappa shape index (κ3) is 5.06. The highest BCUT2D eigenvalue weighted by Crippen LogP contribution is 2.15. The van der Waals surface area contributed by atoms with Crippen LogP contribution in [0.2, 0.25) is 5.02 Å². The number of nitro benzene ring substituents is 1. The average Bonchev–Trinajstić information content (AvgIpc) is 2.59. The number of nitro groups is 1. The van der Waals surface area contributed by atoms with Crippen LogP contribution in [-0.2, 0) is 4.79 Å². The summed E-state index contributed by atoms with van der Waals surface area (Å²) < 4.78 is 5.28. The Bertz CT molecular complexity index is 775. The van der Waals surface area contributed by atoms with Crippen LogP contribution in [0.4, 0.5) is 5.69 Å². The molecule has 0 aliphatic heterocycles. The largest absolute Gasteiger partial charge is 0.484 e. The molecule has 1 amide bonds. The molecule has 2 rings (SSSR count). The highest BCUT2D eigenvalue weighted by molar-refractivity contribution is 6.30. The summed E-state index contributed by atoms with van der Waals surface area (Å²) in [6, 6.07) is 12.6. The number of non-ortho nitro benzene ring substituents is 1. The van der Waals surface area contributed by atoms with Crippen molar-refractivity contribution in [2.75, 3.05) is 6.61 Å². The number of benzene rings is 2. The zero-order chi connectivity index (χ0) is 17.5. The first-order chi connectivity index (χ1) is 11.5. The van der Waals surface area contributed by atoms with Gasteiger partial charge in [0.25, 0.3) is 11.6 Å². The van der Waals surface area contributed by atoms with Crippen molar-refractivity contribution >= 4 is 28.9 Å². The maximum atomic E-state index is 11.7. The Morgan fingerprint density at radius 2 is 2.00 bits per heavy atom. The number of ether oxygens (including phenoxy) is 1. The molecule has 0 fully saturated rings. The molecule has 7 nitrogen and oxygen atoms in total. The summed E-state index contributed by atoms with van der Waals surface area (Å²) in [5.41, 5.74) is 3.28. The van der Waals surface area contributed by atoms with Crippen LogP contribution in [0.25, 0.3) is 0 Å². The normalized spacial score (nSPS) is 11.0. The molecule has 124 valence electrons. The van der Waals surface area contributed by atoms with Crippen LogP contribution in [0.15, 0.2) is 53.6 Å². The molecule has 1 N–H and O–H groups in total. The summed E-state index contributed by atoms with van der Waals surface area (Å²) in [4.78, 5) is 22.0. The molecule has 8 heteroatoms. The van der Waals surface area contributed by atoms with Crippen LogP contribution >= 0.6 is 11.6 Å². The van der Waals surface area contributed by atoms with Gasteiger partial charge in [-0.05, 0) is 31.2 Å². The van der Waals surface area contributed by atoms with Crippen molar-refractivity contribution in [1.82, 2.24) is 5.43 Å². The maximum absolute atomic E-state index is 11.7. The number of carbonyl (C=O) groups excluding carboxylic acids is 1. The van der Waals surface area contributed by atoms with E-state index in [0.29, 0.717) is 22.0 Å². The van der Waals surface area contributed by atoms with Crippen molar-refractivity contribution in [1.29, 1.82) is 0 Å². The van der Waals surface area contributed by atoms with E-state index in [9.17, 15) is 14.9 Å². The lowest BCUT2D eigenvalue weighted by Crippen LogP contribution is -2.25. The number of nitrogens with zero attached hydrogens (tertiary/aromatic N) is 2. The zero-order valence-electron chi connectivity index (χ0n) is 12.7. The van der Waals surface area contributed by atoms with Gasteiger partial charge >= 0.3 is 0 Å².